The van der Waals surface area contributed by atoms with E-state index < -0.39 is 0 Å². The van der Waals surface area contributed by atoms with Crippen molar-refractivity contribution in [3.8, 4) is 5.75 Å². The Labute approximate surface area is 173 Å². The Morgan fingerprint density at radius 3 is 2.66 bits per heavy atom. The maximum absolute atomic E-state index is 12.5. The molecule has 0 aliphatic carbocycles. The molecule has 4 rings (SSSR count). The lowest BCUT2D eigenvalue weighted by Crippen LogP contribution is -2.25. The molecule has 0 saturated carbocycles. The van der Waals surface area contributed by atoms with Crippen molar-refractivity contribution in [2.75, 3.05) is 21.3 Å². The molecule has 1 aliphatic rings. The second-order valence-corrected chi connectivity index (χ2v) is 7.36. The molecule has 0 N–H and O–H groups in total. The van der Waals surface area contributed by atoms with Crippen molar-refractivity contribution in [3.63, 3.8) is 0 Å². The molecule has 0 saturated heterocycles. The molecule has 0 fully saturated rings. The van der Waals surface area contributed by atoms with E-state index in [1.807, 2.05) is 36.4 Å². The van der Waals surface area contributed by atoms with Crippen molar-refractivity contribution in [3.05, 3.63) is 77.6 Å². The van der Waals surface area contributed by atoms with E-state index in [4.69, 9.17) is 14.6 Å². The van der Waals surface area contributed by atoms with Crippen molar-refractivity contribution in [2.24, 2.45) is 4.99 Å². The van der Waals surface area contributed by atoms with Crippen LogP contribution in [-0.4, -0.2) is 42.9 Å². The molecule has 1 aliphatic heterocycles. The highest BCUT2D eigenvalue weighted by Crippen LogP contribution is 2.42. The second-order valence-electron chi connectivity index (χ2n) is 6.28. The fourth-order valence-electron chi connectivity index (χ4n) is 3.05. The van der Waals surface area contributed by atoms with Crippen LogP contribution in [0.25, 0.3) is 0 Å². The molecular weight excluding hydrogens is 386 g/mol. The molecule has 146 valence electrons. The third-order valence-electron chi connectivity index (χ3n) is 4.58. The number of rotatable bonds is 4. The number of carbonyl (C=O) groups is 1. The van der Waals surface area contributed by atoms with Gasteiger partial charge in [0.15, 0.2) is 0 Å². The summed E-state index contributed by atoms with van der Waals surface area (Å²) in [7, 11) is 4.65. The van der Waals surface area contributed by atoms with Gasteiger partial charge in [-0.2, -0.15) is 0 Å². The first-order valence-corrected chi connectivity index (χ1v) is 9.75. The number of nitrogens with zero attached hydrogens (tertiary/aromatic N) is 3. The van der Waals surface area contributed by atoms with Crippen LogP contribution >= 0.6 is 11.8 Å². The third-order valence-corrected chi connectivity index (χ3v) is 5.72. The Bertz CT molecular complexity index is 1110. The Balaban J connectivity index is 1.92. The number of fused-ring (bicyclic) bond motifs is 2. The van der Waals surface area contributed by atoms with Crippen LogP contribution in [0.4, 0.5) is 5.69 Å². The Hall–Kier alpha value is -3.16. The maximum Gasteiger partial charge on any atom is 0.277 e. The van der Waals surface area contributed by atoms with Crippen LogP contribution in [0.15, 0.2) is 75.6 Å². The zero-order valence-electron chi connectivity index (χ0n) is 16.2. The van der Waals surface area contributed by atoms with E-state index in [0.29, 0.717) is 28.4 Å². The van der Waals surface area contributed by atoms with E-state index in [2.05, 4.69) is 11.1 Å². The van der Waals surface area contributed by atoms with E-state index >= 15 is 0 Å². The van der Waals surface area contributed by atoms with E-state index in [0.717, 1.165) is 15.4 Å². The molecule has 0 spiro atoms. The largest absolute Gasteiger partial charge is 0.494 e. The van der Waals surface area contributed by atoms with Crippen LogP contribution in [0.1, 0.15) is 21.6 Å². The fourth-order valence-corrected chi connectivity index (χ4v) is 4.06. The highest BCUT2D eigenvalue weighted by atomic mass is 32.2. The Morgan fingerprint density at radius 2 is 1.86 bits per heavy atom. The van der Waals surface area contributed by atoms with Crippen molar-refractivity contribution in [2.45, 2.75) is 9.79 Å². The van der Waals surface area contributed by atoms with Crippen LogP contribution in [0.2, 0.25) is 0 Å². The number of methoxy groups -OCH3 is 1. The van der Waals surface area contributed by atoms with Crippen LogP contribution in [0.3, 0.4) is 0 Å². The topological polar surface area (TPSA) is 64.0 Å². The molecule has 2 heterocycles. The maximum atomic E-state index is 12.5. The van der Waals surface area contributed by atoms with Gasteiger partial charge in [0.2, 0.25) is 0 Å². The molecule has 1 amide bonds. The summed E-state index contributed by atoms with van der Waals surface area (Å²) in [5.74, 6) is 0.398. The standard InChI is InChI=1S/C22H19N3O3S/c1-25(28-3)22(26)14-10-11-19-16(13-14)24-20(15-7-4-5-9-18(15)29-19)21-17(27-2)8-6-12-23-21/h4-13H,1-3H3. The van der Waals surface area contributed by atoms with Gasteiger partial charge < -0.3 is 4.74 Å². The van der Waals surface area contributed by atoms with Crippen molar-refractivity contribution in [1.29, 1.82) is 0 Å². The number of ether oxygens (including phenoxy) is 1. The van der Waals surface area contributed by atoms with Gasteiger partial charge in [-0.25, -0.2) is 10.1 Å². The molecule has 0 atom stereocenters. The molecular formula is C22H19N3O3S. The molecule has 1 aromatic heterocycles. The lowest BCUT2D eigenvalue weighted by molar-refractivity contribution is -0.0756. The summed E-state index contributed by atoms with van der Waals surface area (Å²) in [4.78, 5) is 29.0. The van der Waals surface area contributed by atoms with Crippen LogP contribution in [0.5, 0.6) is 5.75 Å². The van der Waals surface area contributed by atoms with E-state index in [9.17, 15) is 4.79 Å². The van der Waals surface area contributed by atoms with E-state index in [1.54, 1.807) is 44.2 Å². The van der Waals surface area contributed by atoms with Gasteiger partial charge in [-0.05, 0) is 36.4 Å². The minimum atomic E-state index is -0.241. The number of aromatic nitrogens is 1. The number of pyridine rings is 1. The smallest absolute Gasteiger partial charge is 0.277 e. The number of hydrogen-bond donors (Lipinski definition) is 0. The first-order valence-electron chi connectivity index (χ1n) is 8.94. The summed E-state index contributed by atoms with van der Waals surface area (Å²) in [5.41, 5.74) is 3.52. The minimum Gasteiger partial charge on any atom is -0.494 e. The van der Waals surface area contributed by atoms with Gasteiger partial charge in [0, 0.05) is 34.2 Å². The fraction of sp³-hybridized carbons (Fsp3) is 0.136. The number of benzene rings is 2. The summed E-state index contributed by atoms with van der Waals surface area (Å²) >= 11 is 1.61. The number of carbonyl (C=O) groups excluding carboxylic acids is 1. The highest BCUT2D eigenvalue weighted by Gasteiger charge is 2.23. The Kier molecular flexibility index (Phi) is 5.33. The van der Waals surface area contributed by atoms with E-state index in [1.165, 1.54) is 12.2 Å². The zero-order chi connectivity index (χ0) is 20.4. The van der Waals surface area contributed by atoms with Gasteiger partial charge in [0.05, 0.1) is 19.9 Å². The Morgan fingerprint density at radius 1 is 1.03 bits per heavy atom. The zero-order valence-corrected chi connectivity index (χ0v) is 17.1. The van der Waals surface area contributed by atoms with Gasteiger partial charge in [-0.15, -0.1) is 0 Å². The number of hydroxylamine groups is 2. The second kappa shape index (κ2) is 8.06. The predicted octanol–water partition coefficient (Wildman–Crippen LogP) is 4.36. The summed E-state index contributed by atoms with van der Waals surface area (Å²) < 4.78 is 5.52. The van der Waals surface area contributed by atoms with Crippen LogP contribution in [-0.2, 0) is 4.84 Å². The quantitative estimate of drug-likeness (QED) is 0.472. The number of aliphatic imine (C=N–C) groups is 1. The van der Waals surface area contributed by atoms with Gasteiger partial charge in [-0.3, -0.25) is 14.6 Å². The SMILES string of the molecule is COc1cccnc1C1=Nc2cc(C(=O)N(C)OC)ccc2Sc2ccccc21. The third kappa shape index (κ3) is 3.62. The normalized spacial score (nSPS) is 12.3. The first kappa shape index (κ1) is 19.2. The minimum absolute atomic E-state index is 0.241. The summed E-state index contributed by atoms with van der Waals surface area (Å²) in [6.45, 7) is 0. The van der Waals surface area contributed by atoms with Crippen molar-refractivity contribution in [1.82, 2.24) is 10.0 Å². The van der Waals surface area contributed by atoms with Crippen LogP contribution < -0.4 is 4.74 Å². The highest BCUT2D eigenvalue weighted by molar-refractivity contribution is 7.99. The van der Waals surface area contributed by atoms with E-state index in [-0.39, 0.29) is 5.91 Å². The molecule has 2 aromatic carbocycles. The molecule has 0 bridgehead atoms. The summed E-state index contributed by atoms with van der Waals surface area (Å²) in [5, 5.41) is 1.19. The predicted molar refractivity (Wildman–Crippen MR) is 112 cm³/mol. The van der Waals surface area contributed by atoms with Gasteiger partial charge in [0.25, 0.3) is 5.91 Å². The molecule has 0 radical (unpaired) electrons. The summed E-state index contributed by atoms with van der Waals surface area (Å²) in [6.07, 6.45) is 1.72. The average molecular weight is 405 g/mol. The molecule has 7 heteroatoms. The monoisotopic (exact) mass is 405 g/mol. The summed E-state index contributed by atoms with van der Waals surface area (Å²) in [6, 6.07) is 17.2. The number of hydrogen-bond acceptors (Lipinski definition) is 6. The average Bonchev–Trinajstić information content (AvgIpc) is 2.94. The first-order chi connectivity index (χ1) is 14.1. The lowest BCUT2D eigenvalue weighted by atomic mass is 10.1. The van der Waals surface area contributed by atoms with Gasteiger partial charge in [0.1, 0.15) is 17.2 Å². The molecule has 3 aromatic rings. The number of amides is 1. The lowest BCUT2D eigenvalue weighted by Gasteiger charge is -2.14. The van der Waals surface area contributed by atoms with Crippen molar-refractivity contribution >= 4 is 29.1 Å². The molecule has 0 unspecified atom stereocenters. The van der Waals surface area contributed by atoms with Gasteiger partial charge in [-0.1, -0.05) is 30.0 Å². The molecule has 29 heavy (non-hydrogen) atoms. The van der Waals surface area contributed by atoms with Crippen LogP contribution in [0, 0.1) is 0 Å². The molecule has 6 nitrogen and oxygen atoms in total. The van der Waals surface area contributed by atoms with Gasteiger partial charge >= 0.3 is 0 Å². The van der Waals surface area contributed by atoms with Crippen molar-refractivity contribution < 1.29 is 14.4 Å².